The van der Waals surface area contributed by atoms with Crippen molar-refractivity contribution in [3.05, 3.63) is 52.6 Å². The quantitative estimate of drug-likeness (QED) is 0.569. The zero-order valence-corrected chi connectivity index (χ0v) is 14.9. The van der Waals surface area contributed by atoms with Crippen LogP contribution in [0.4, 0.5) is 11.4 Å². The largest absolute Gasteiger partial charge is 0.368 e. The van der Waals surface area contributed by atoms with Gasteiger partial charge < -0.3 is 14.8 Å². The molecule has 1 aliphatic rings. The van der Waals surface area contributed by atoms with E-state index in [1.807, 2.05) is 17.0 Å². The number of hydrogen-bond acceptors (Lipinski definition) is 5. The molecule has 1 saturated heterocycles. The molecule has 1 fully saturated rings. The monoisotopic (exact) mass is 365 g/mol. The van der Waals surface area contributed by atoms with E-state index in [1.54, 1.807) is 19.1 Å². The van der Waals surface area contributed by atoms with Gasteiger partial charge in [0.2, 0.25) is 5.91 Å². The topological polar surface area (TPSA) is 95.4 Å². The lowest BCUT2D eigenvalue weighted by atomic mass is 10.2. The first-order chi connectivity index (χ1) is 13.0. The highest BCUT2D eigenvalue weighted by molar-refractivity contribution is 5.83. The van der Waals surface area contributed by atoms with Gasteiger partial charge in [0.05, 0.1) is 16.0 Å². The van der Waals surface area contributed by atoms with Gasteiger partial charge in [0.25, 0.3) is 5.69 Å². The number of hydrogen-bond donors (Lipinski definition) is 1. The summed E-state index contributed by atoms with van der Waals surface area (Å²) in [5.74, 6) is 0.796. The molecule has 2 heterocycles. The van der Waals surface area contributed by atoms with Gasteiger partial charge in [-0.2, -0.15) is 0 Å². The Kier molecular flexibility index (Phi) is 4.23. The minimum atomic E-state index is -0.416. The molecule has 0 unspecified atom stereocenters. The zero-order valence-electron chi connectivity index (χ0n) is 14.9. The number of aromatic amines is 1. The van der Waals surface area contributed by atoms with Crippen LogP contribution in [0, 0.1) is 10.1 Å². The van der Waals surface area contributed by atoms with Crippen LogP contribution in [0.15, 0.2) is 42.5 Å². The highest BCUT2D eigenvalue weighted by Crippen LogP contribution is 2.26. The molecule has 3 aromatic rings. The van der Waals surface area contributed by atoms with Crippen LogP contribution in [0.3, 0.4) is 0 Å². The normalized spacial score (nSPS) is 14.6. The van der Waals surface area contributed by atoms with Gasteiger partial charge in [0.1, 0.15) is 5.82 Å². The lowest BCUT2D eigenvalue weighted by molar-refractivity contribution is -0.384. The smallest absolute Gasteiger partial charge is 0.269 e. The Morgan fingerprint density at radius 3 is 2.44 bits per heavy atom. The van der Waals surface area contributed by atoms with E-state index >= 15 is 0 Å². The van der Waals surface area contributed by atoms with E-state index in [0.717, 1.165) is 48.5 Å². The summed E-state index contributed by atoms with van der Waals surface area (Å²) in [6, 6.07) is 12.4. The predicted molar refractivity (Wildman–Crippen MR) is 103 cm³/mol. The van der Waals surface area contributed by atoms with Gasteiger partial charge in [-0.15, -0.1) is 0 Å². The van der Waals surface area contributed by atoms with Gasteiger partial charge in [-0.3, -0.25) is 14.9 Å². The minimum absolute atomic E-state index is 0.0573. The molecule has 8 nitrogen and oxygen atoms in total. The third-order valence-corrected chi connectivity index (χ3v) is 4.91. The van der Waals surface area contributed by atoms with Crippen molar-refractivity contribution >= 4 is 28.3 Å². The van der Waals surface area contributed by atoms with Crippen LogP contribution in [0.25, 0.3) is 22.4 Å². The molecule has 27 heavy (non-hydrogen) atoms. The van der Waals surface area contributed by atoms with Crippen molar-refractivity contribution in [1.29, 1.82) is 0 Å². The van der Waals surface area contributed by atoms with Crippen molar-refractivity contribution in [2.75, 3.05) is 31.1 Å². The van der Waals surface area contributed by atoms with E-state index in [4.69, 9.17) is 0 Å². The molecular weight excluding hydrogens is 346 g/mol. The molecule has 0 atom stereocenters. The number of carbonyl (C=O) groups excluding carboxylic acids is 1. The van der Waals surface area contributed by atoms with Crippen molar-refractivity contribution in [2.45, 2.75) is 6.92 Å². The first-order valence-corrected chi connectivity index (χ1v) is 8.76. The van der Waals surface area contributed by atoms with Crippen LogP contribution >= 0.6 is 0 Å². The number of rotatable bonds is 3. The van der Waals surface area contributed by atoms with Crippen molar-refractivity contribution in [3.8, 4) is 11.4 Å². The summed E-state index contributed by atoms with van der Waals surface area (Å²) in [6.45, 7) is 4.66. The van der Waals surface area contributed by atoms with Gasteiger partial charge >= 0.3 is 0 Å². The highest BCUT2D eigenvalue weighted by Gasteiger charge is 2.19. The maximum absolute atomic E-state index is 11.5. The number of non-ortho nitro benzene ring substituents is 1. The second kappa shape index (κ2) is 6.71. The van der Waals surface area contributed by atoms with E-state index in [-0.39, 0.29) is 11.6 Å². The Morgan fingerprint density at radius 1 is 1.11 bits per heavy atom. The summed E-state index contributed by atoms with van der Waals surface area (Å²) in [5, 5.41) is 10.8. The van der Waals surface area contributed by atoms with Gasteiger partial charge in [0, 0.05) is 56.5 Å². The second-order valence-corrected chi connectivity index (χ2v) is 6.58. The van der Waals surface area contributed by atoms with Crippen LogP contribution in [0.5, 0.6) is 0 Å². The number of carbonyl (C=O) groups is 1. The molecule has 1 amide bonds. The van der Waals surface area contributed by atoms with Crippen molar-refractivity contribution < 1.29 is 9.72 Å². The van der Waals surface area contributed by atoms with Gasteiger partial charge in [-0.05, 0) is 30.3 Å². The van der Waals surface area contributed by atoms with Crippen LogP contribution in [0.2, 0.25) is 0 Å². The molecule has 0 bridgehead atoms. The summed E-state index contributed by atoms with van der Waals surface area (Å²) in [5.41, 5.74) is 3.70. The van der Waals surface area contributed by atoms with Crippen LogP contribution < -0.4 is 4.90 Å². The maximum atomic E-state index is 11.5. The standard InChI is InChI=1S/C19H19N5O3/c1-13(25)22-8-10-23(11-9-22)16-6-7-17-18(12-16)21-19(20-17)14-2-4-15(5-3-14)24(26)27/h2-7,12H,8-11H2,1H3,(H,20,21). The third kappa shape index (κ3) is 3.33. The SMILES string of the molecule is CC(=O)N1CCN(c2ccc3nc(-c4ccc([N+](=O)[O-])cc4)[nH]c3c2)CC1. The number of imidazole rings is 1. The molecule has 0 radical (unpaired) electrons. The third-order valence-electron chi connectivity index (χ3n) is 4.91. The van der Waals surface area contributed by atoms with Gasteiger partial charge in [0.15, 0.2) is 0 Å². The number of H-pyrrole nitrogens is 1. The summed E-state index contributed by atoms with van der Waals surface area (Å²) in [4.78, 5) is 33.8. The predicted octanol–water partition coefficient (Wildman–Crippen LogP) is 2.81. The average Bonchev–Trinajstić information content (AvgIpc) is 3.11. The molecule has 0 spiro atoms. The average molecular weight is 365 g/mol. The molecule has 2 aromatic carbocycles. The number of piperazine rings is 1. The molecule has 4 rings (SSSR count). The van der Waals surface area contributed by atoms with Gasteiger partial charge in [-0.25, -0.2) is 4.98 Å². The van der Waals surface area contributed by atoms with E-state index < -0.39 is 4.92 Å². The molecular formula is C19H19N5O3. The molecule has 138 valence electrons. The van der Waals surface area contributed by atoms with E-state index in [1.165, 1.54) is 12.1 Å². The maximum Gasteiger partial charge on any atom is 0.269 e. The summed E-state index contributed by atoms with van der Waals surface area (Å²) < 4.78 is 0. The molecule has 1 aliphatic heterocycles. The van der Waals surface area contributed by atoms with Crippen molar-refractivity contribution in [1.82, 2.24) is 14.9 Å². The fourth-order valence-corrected chi connectivity index (χ4v) is 3.35. The number of benzene rings is 2. The number of aromatic nitrogens is 2. The van der Waals surface area contributed by atoms with E-state index in [9.17, 15) is 14.9 Å². The first-order valence-electron chi connectivity index (χ1n) is 8.76. The first kappa shape index (κ1) is 17.0. The Hall–Kier alpha value is -3.42. The number of nitrogens with zero attached hydrogens (tertiary/aromatic N) is 4. The molecule has 1 N–H and O–H groups in total. The van der Waals surface area contributed by atoms with Gasteiger partial charge in [-0.1, -0.05) is 0 Å². The fraction of sp³-hybridized carbons (Fsp3) is 0.263. The minimum Gasteiger partial charge on any atom is -0.368 e. The van der Waals surface area contributed by atoms with Crippen LogP contribution in [-0.2, 0) is 4.79 Å². The number of amides is 1. The molecule has 8 heteroatoms. The highest BCUT2D eigenvalue weighted by atomic mass is 16.6. The lowest BCUT2D eigenvalue weighted by Crippen LogP contribution is -2.48. The van der Waals surface area contributed by atoms with E-state index in [0.29, 0.717) is 5.82 Å². The number of nitrogens with one attached hydrogen (secondary N) is 1. The number of fused-ring (bicyclic) bond motifs is 1. The van der Waals surface area contributed by atoms with Crippen LogP contribution in [0.1, 0.15) is 6.92 Å². The number of anilines is 1. The zero-order chi connectivity index (χ0) is 19.0. The van der Waals surface area contributed by atoms with Crippen molar-refractivity contribution in [2.24, 2.45) is 0 Å². The Balaban J connectivity index is 1.57. The Labute approximate surface area is 155 Å². The van der Waals surface area contributed by atoms with Crippen molar-refractivity contribution in [3.63, 3.8) is 0 Å². The summed E-state index contributed by atoms with van der Waals surface area (Å²) in [6.07, 6.45) is 0. The fourth-order valence-electron chi connectivity index (χ4n) is 3.35. The number of nitro benzene ring substituents is 1. The molecule has 1 aromatic heterocycles. The lowest BCUT2D eigenvalue weighted by Gasteiger charge is -2.35. The summed E-state index contributed by atoms with van der Waals surface area (Å²) >= 11 is 0. The molecule has 0 saturated carbocycles. The Morgan fingerprint density at radius 2 is 1.81 bits per heavy atom. The van der Waals surface area contributed by atoms with E-state index in [2.05, 4.69) is 20.9 Å². The molecule has 0 aliphatic carbocycles. The second-order valence-electron chi connectivity index (χ2n) is 6.58. The summed E-state index contributed by atoms with van der Waals surface area (Å²) in [7, 11) is 0. The number of nitro groups is 1. The Bertz CT molecular complexity index is 1000. The van der Waals surface area contributed by atoms with Crippen LogP contribution in [-0.4, -0.2) is 51.9 Å².